The second-order valence-electron chi connectivity index (χ2n) is 8.32. The lowest BCUT2D eigenvalue weighted by Gasteiger charge is -2.36. The Labute approximate surface area is 188 Å². The van der Waals surface area contributed by atoms with Gasteiger partial charge in [-0.05, 0) is 67.0 Å². The van der Waals surface area contributed by atoms with E-state index in [1.165, 1.54) is 45.9 Å². The molecule has 5 rings (SSSR count). The van der Waals surface area contributed by atoms with E-state index in [0.717, 1.165) is 37.0 Å². The summed E-state index contributed by atoms with van der Waals surface area (Å²) in [5.74, 6) is 0. The Kier molecular flexibility index (Phi) is 5.45. The Morgan fingerprint density at radius 1 is 0.969 bits per heavy atom. The van der Waals surface area contributed by atoms with Crippen LogP contribution in [0.15, 0.2) is 54.6 Å². The fraction of sp³-hybridized carbons (Fsp3) is 0.320. The van der Waals surface area contributed by atoms with E-state index in [1.54, 1.807) is 16.2 Å². The average Bonchev–Trinajstić information content (AvgIpc) is 3.17. The highest BCUT2D eigenvalue weighted by molar-refractivity contribution is 7.12. The Hall–Kier alpha value is -2.80. The number of benzene rings is 2. The van der Waals surface area contributed by atoms with Crippen molar-refractivity contribution in [3.05, 3.63) is 86.6 Å². The zero-order valence-electron chi connectivity index (χ0n) is 17.4. The van der Waals surface area contributed by atoms with E-state index in [9.17, 15) is 18.0 Å². The molecule has 3 aromatic rings. The van der Waals surface area contributed by atoms with Crippen LogP contribution in [0.3, 0.4) is 0 Å². The van der Waals surface area contributed by atoms with E-state index >= 15 is 0 Å². The highest BCUT2D eigenvalue weighted by atomic mass is 32.1. The van der Waals surface area contributed by atoms with Crippen LogP contribution in [0, 0.1) is 0 Å². The van der Waals surface area contributed by atoms with E-state index in [4.69, 9.17) is 0 Å². The van der Waals surface area contributed by atoms with E-state index < -0.39 is 11.7 Å². The number of hydrogen-bond donors (Lipinski definition) is 1. The van der Waals surface area contributed by atoms with Gasteiger partial charge in [-0.15, -0.1) is 11.3 Å². The Bertz CT molecular complexity index is 1140. The molecular formula is C25H23F3N2OS. The maximum absolute atomic E-state index is 13.3. The normalized spacial score (nSPS) is 18.1. The maximum atomic E-state index is 13.3. The lowest BCUT2D eigenvalue weighted by molar-refractivity contribution is -0.137. The molecule has 0 fully saturated rings. The SMILES string of the molecule is O=C(Nc1cccc(C(F)(F)F)c1)N1CCc2c(sc3c2CCCC3)[C@H]1c1ccccc1. The minimum absolute atomic E-state index is 0.146. The monoisotopic (exact) mass is 456 g/mol. The molecule has 2 amide bonds. The molecule has 1 aromatic heterocycles. The molecule has 0 spiro atoms. The Morgan fingerprint density at radius 3 is 2.53 bits per heavy atom. The van der Waals surface area contributed by atoms with Gasteiger partial charge in [-0.25, -0.2) is 4.79 Å². The third-order valence-electron chi connectivity index (χ3n) is 6.29. The summed E-state index contributed by atoms with van der Waals surface area (Å²) in [4.78, 5) is 17.7. The number of fused-ring (bicyclic) bond motifs is 3. The van der Waals surface area contributed by atoms with E-state index in [-0.39, 0.29) is 17.8 Å². The number of rotatable bonds is 2. The van der Waals surface area contributed by atoms with Crippen molar-refractivity contribution in [2.24, 2.45) is 0 Å². The summed E-state index contributed by atoms with van der Waals surface area (Å²) in [7, 11) is 0. The topological polar surface area (TPSA) is 32.3 Å². The summed E-state index contributed by atoms with van der Waals surface area (Å²) in [6.07, 6.45) is 0.905. The number of amides is 2. The fourth-order valence-electron chi connectivity index (χ4n) is 4.80. The van der Waals surface area contributed by atoms with Crippen molar-refractivity contribution in [2.75, 3.05) is 11.9 Å². The molecule has 1 aliphatic carbocycles. The van der Waals surface area contributed by atoms with Crippen molar-refractivity contribution in [3.8, 4) is 0 Å². The maximum Gasteiger partial charge on any atom is 0.416 e. The van der Waals surface area contributed by atoms with Gasteiger partial charge in [0.1, 0.15) is 0 Å². The molecule has 1 N–H and O–H groups in total. The molecule has 0 saturated heterocycles. The van der Waals surface area contributed by atoms with Gasteiger partial charge < -0.3 is 10.2 Å². The first-order valence-corrected chi connectivity index (χ1v) is 11.7. The van der Waals surface area contributed by atoms with Crippen LogP contribution < -0.4 is 5.32 Å². The van der Waals surface area contributed by atoms with E-state index in [2.05, 4.69) is 5.32 Å². The van der Waals surface area contributed by atoms with E-state index in [1.807, 2.05) is 30.3 Å². The van der Waals surface area contributed by atoms with Crippen LogP contribution in [-0.2, 0) is 25.4 Å². The minimum Gasteiger partial charge on any atom is -0.312 e. The molecule has 32 heavy (non-hydrogen) atoms. The number of hydrogen-bond acceptors (Lipinski definition) is 2. The number of carbonyl (C=O) groups is 1. The molecule has 2 heterocycles. The molecule has 1 atom stereocenters. The summed E-state index contributed by atoms with van der Waals surface area (Å²) >= 11 is 1.80. The number of halogens is 3. The first kappa shape index (κ1) is 21.1. The number of urea groups is 1. The molecule has 3 nitrogen and oxygen atoms in total. The second-order valence-corrected chi connectivity index (χ2v) is 9.46. The van der Waals surface area contributed by atoms with Crippen LogP contribution in [0.5, 0.6) is 0 Å². The zero-order valence-corrected chi connectivity index (χ0v) is 18.2. The van der Waals surface area contributed by atoms with Crippen LogP contribution in [-0.4, -0.2) is 17.5 Å². The minimum atomic E-state index is -4.45. The predicted octanol–water partition coefficient (Wildman–Crippen LogP) is 6.83. The van der Waals surface area contributed by atoms with Crippen molar-refractivity contribution in [3.63, 3.8) is 0 Å². The molecule has 0 saturated carbocycles. The summed E-state index contributed by atoms with van der Waals surface area (Å²) in [5, 5.41) is 2.71. The lowest BCUT2D eigenvalue weighted by atomic mass is 9.88. The van der Waals surface area contributed by atoms with Gasteiger partial charge >= 0.3 is 12.2 Å². The average molecular weight is 457 g/mol. The van der Waals surface area contributed by atoms with Gasteiger partial charge in [0.15, 0.2) is 0 Å². The smallest absolute Gasteiger partial charge is 0.312 e. The highest BCUT2D eigenvalue weighted by Gasteiger charge is 2.37. The molecule has 0 radical (unpaired) electrons. The summed E-state index contributed by atoms with van der Waals surface area (Å²) in [6, 6.07) is 14.1. The van der Waals surface area contributed by atoms with Crippen molar-refractivity contribution in [1.82, 2.24) is 4.90 Å². The van der Waals surface area contributed by atoms with E-state index in [0.29, 0.717) is 6.54 Å². The van der Waals surface area contributed by atoms with Crippen LogP contribution in [0.2, 0.25) is 0 Å². The molecule has 0 bridgehead atoms. The summed E-state index contributed by atoms with van der Waals surface area (Å²) in [6.45, 7) is 0.528. The first-order chi connectivity index (χ1) is 15.4. The number of anilines is 1. The molecule has 1 aliphatic heterocycles. The van der Waals surface area contributed by atoms with Crippen LogP contribution >= 0.6 is 11.3 Å². The number of alkyl halides is 3. The molecule has 166 valence electrons. The largest absolute Gasteiger partial charge is 0.416 e. The molecule has 7 heteroatoms. The van der Waals surface area contributed by atoms with Crippen LogP contribution in [0.4, 0.5) is 23.7 Å². The molecule has 2 aromatic carbocycles. The van der Waals surface area contributed by atoms with Crippen molar-refractivity contribution in [2.45, 2.75) is 44.3 Å². The number of thiophene rings is 1. The van der Waals surface area contributed by atoms with Gasteiger partial charge in [0.25, 0.3) is 0 Å². The summed E-state index contributed by atoms with van der Waals surface area (Å²) in [5.41, 5.74) is 3.23. The number of nitrogens with one attached hydrogen (secondary N) is 1. The predicted molar refractivity (Wildman–Crippen MR) is 120 cm³/mol. The summed E-state index contributed by atoms with van der Waals surface area (Å²) < 4.78 is 39.3. The van der Waals surface area contributed by atoms with Crippen molar-refractivity contribution in [1.29, 1.82) is 0 Å². The van der Waals surface area contributed by atoms with Crippen molar-refractivity contribution < 1.29 is 18.0 Å². The van der Waals surface area contributed by atoms with Crippen molar-refractivity contribution >= 4 is 23.1 Å². The van der Waals surface area contributed by atoms with Crippen LogP contribution in [0.25, 0.3) is 0 Å². The zero-order chi connectivity index (χ0) is 22.3. The Morgan fingerprint density at radius 2 is 1.75 bits per heavy atom. The number of carbonyl (C=O) groups excluding carboxylic acids is 1. The standard InChI is InChI=1S/C25H23F3N2OS/c26-25(27,28)17-9-6-10-18(15-17)29-24(31)30-14-13-20-19-11-4-5-12-21(19)32-23(20)22(30)16-7-2-1-3-8-16/h1-3,6-10,15,22H,4-5,11-14H2,(H,29,31)/t22-/m1/s1. The quantitative estimate of drug-likeness (QED) is 0.451. The first-order valence-electron chi connectivity index (χ1n) is 10.8. The number of aryl methyl sites for hydroxylation is 1. The third-order valence-corrected chi connectivity index (χ3v) is 7.68. The van der Waals surface area contributed by atoms with Gasteiger partial charge in [0.05, 0.1) is 11.6 Å². The molecule has 2 aliphatic rings. The second kappa shape index (κ2) is 8.28. The third kappa shape index (κ3) is 3.90. The van der Waals surface area contributed by atoms with Gasteiger partial charge in [0, 0.05) is 22.0 Å². The van der Waals surface area contributed by atoms with Gasteiger partial charge in [0.2, 0.25) is 0 Å². The highest BCUT2D eigenvalue weighted by Crippen LogP contribution is 2.45. The Balaban J connectivity index is 1.49. The molecule has 0 unspecified atom stereocenters. The number of nitrogens with zero attached hydrogens (tertiary/aromatic N) is 1. The molecular weight excluding hydrogens is 433 g/mol. The lowest BCUT2D eigenvalue weighted by Crippen LogP contribution is -2.42. The fourth-order valence-corrected chi connectivity index (χ4v) is 6.39. The van der Waals surface area contributed by atoms with Crippen LogP contribution in [0.1, 0.15) is 50.9 Å². The van der Waals surface area contributed by atoms with Gasteiger partial charge in [-0.3, -0.25) is 0 Å². The van der Waals surface area contributed by atoms with Gasteiger partial charge in [-0.2, -0.15) is 13.2 Å². The van der Waals surface area contributed by atoms with Gasteiger partial charge in [-0.1, -0.05) is 36.4 Å².